The van der Waals surface area contributed by atoms with Crippen LogP contribution in [0.3, 0.4) is 0 Å². The average Bonchev–Trinajstić information content (AvgIpc) is 3.66. The van der Waals surface area contributed by atoms with Crippen molar-refractivity contribution in [1.29, 1.82) is 0 Å². The summed E-state index contributed by atoms with van der Waals surface area (Å²) < 4.78 is 6.16. The molecule has 1 spiro atoms. The Morgan fingerprint density at radius 1 is 1.02 bits per heavy atom. The lowest BCUT2D eigenvalue weighted by Crippen LogP contribution is -2.51. The summed E-state index contributed by atoms with van der Waals surface area (Å²) in [5.41, 5.74) is 2.47. The molecule has 3 aromatic rings. The van der Waals surface area contributed by atoms with E-state index in [2.05, 4.69) is 86.2 Å². The van der Waals surface area contributed by atoms with Crippen molar-refractivity contribution in [2.75, 3.05) is 6.61 Å². The number of benzene rings is 2. The summed E-state index contributed by atoms with van der Waals surface area (Å²) in [6, 6.07) is 15.4. The summed E-state index contributed by atoms with van der Waals surface area (Å²) in [4.78, 5) is 35.3. The highest BCUT2D eigenvalue weighted by Crippen LogP contribution is 2.48. The normalized spacial score (nSPS) is 20.5. The number of nitrogens with one attached hydrogen (secondary N) is 2. The van der Waals surface area contributed by atoms with Gasteiger partial charge in [-0.2, -0.15) is 5.21 Å². The van der Waals surface area contributed by atoms with Gasteiger partial charge in [0.05, 0.1) is 19.2 Å². The Balaban J connectivity index is 1.47. The fraction of sp³-hybridized carbons (Fsp3) is 0.590. The Morgan fingerprint density at radius 3 is 2.33 bits per heavy atom. The third-order valence-corrected chi connectivity index (χ3v) is 10.0. The molecule has 2 heterocycles. The molecule has 10 heteroatoms. The number of amides is 2. The molecule has 10 nitrogen and oxygen atoms in total. The highest BCUT2D eigenvalue weighted by molar-refractivity contribution is 6.46. The van der Waals surface area contributed by atoms with Gasteiger partial charge >= 0.3 is 0 Å². The molecular weight excluding hydrogens is 614 g/mol. The summed E-state index contributed by atoms with van der Waals surface area (Å²) in [7, 11) is 0. The van der Waals surface area contributed by atoms with Crippen molar-refractivity contribution in [2.45, 2.75) is 119 Å². The van der Waals surface area contributed by atoms with Crippen LogP contribution < -0.4 is 10.1 Å². The third-order valence-electron chi connectivity index (χ3n) is 10.0. The van der Waals surface area contributed by atoms with E-state index < -0.39 is 5.66 Å². The topological polar surface area (TPSA) is 125 Å². The summed E-state index contributed by atoms with van der Waals surface area (Å²) in [5.74, 6) is 2.11. The van der Waals surface area contributed by atoms with E-state index in [4.69, 9.17) is 9.73 Å². The van der Waals surface area contributed by atoms with Gasteiger partial charge in [0.25, 0.3) is 11.8 Å². The van der Waals surface area contributed by atoms with Crippen LogP contribution in [-0.2, 0) is 11.3 Å². The number of hydrogen-bond acceptors (Lipinski definition) is 7. The molecule has 2 aromatic carbocycles. The monoisotopic (exact) mass is 669 g/mol. The van der Waals surface area contributed by atoms with Gasteiger partial charge in [-0.15, -0.1) is 10.2 Å². The number of nitrogens with zero attached hydrogens (tertiary/aromatic N) is 5. The van der Waals surface area contributed by atoms with Gasteiger partial charge in [0.2, 0.25) is 0 Å². The van der Waals surface area contributed by atoms with Crippen LogP contribution in [-0.4, -0.2) is 55.3 Å². The second-order valence-corrected chi connectivity index (χ2v) is 16.6. The number of aromatic amines is 1. The summed E-state index contributed by atoms with van der Waals surface area (Å²) in [5, 5.41) is 16.6. The molecule has 1 fully saturated rings. The molecule has 0 saturated heterocycles. The van der Waals surface area contributed by atoms with E-state index >= 15 is 0 Å². The Bertz CT molecular complexity index is 1590. The second kappa shape index (κ2) is 14.8. The number of hydrogen-bond donors (Lipinski definition) is 2. The van der Waals surface area contributed by atoms with Gasteiger partial charge in [0, 0.05) is 11.1 Å². The predicted molar refractivity (Wildman–Crippen MR) is 192 cm³/mol. The highest BCUT2D eigenvalue weighted by atomic mass is 16.5. The van der Waals surface area contributed by atoms with Gasteiger partial charge < -0.3 is 15.0 Å². The third kappa shape index (κ3) is 9.13. The molecule has 5 rings (SSSR count). The maximum atomic E-state index is 14.8. The number of carbonyl (C=O) groups excluding carboxylic acids is 2. The molecule has 0 bridgehead atoms. The number of H-pyrrole nitrogens is 1. The maximum absolute atomic E-state index is 14.8. The van der Waals surface area contributed by atoms with E-state index in [0.29, 0.717) is 35.5 Å². The van der Waals surface area contributed by atoms with E-state index in [9.17, 15) is 9.59 Å². The molecular formula is C39H55N7O3. The zero-order valence-corrected chi connectivity index (χ0v) is 30.7. The number of carbonyl (C=O) groups is 2. The molecule has 2 amide bonds. The fourth-order valence-corrected chi connectivity index (χ4v) is 6.95. The van der Waals surface area contributed by atoms with Gasteiger partial charge in [-0.3, -0.25) is 14.6 Å². The van der Waals surface area contributed by atoms with E-state index in [1.54, 1.807) is 0 Å². The van der Waals surface area contributed by atoms with Crippen LogP contribution in [0.2, 0.25) is 0 Å². The molecule has 1 aliphatic heterocycles. The molecule has 1 atom stereocenters. The first-order valence-corrected chi connectivity index (χ1v) is 17.9. The largest absolute Gasteiger partial charge is 0.494 e. The summed E-state index contributed by atoms with van der Waals surface area (Å²) >= 11 is 0. The van der Waals surface area contributed by atoms with Crippen LogP contribution in [0, 0.1) is 22.7 Å². The van der Waals surface area contributed by atoms with Gasteiger partial charge in [0.15, 0.2) is 5.82 Å². The van der Waals surface area contributed by atoms with Crippen LogP contribution in [0.1, 0.15) is 134 Å². The summed E-state index contributed by atoms with van der Waals surface area (Å²) in [6.45, 7) is 18.7. The lowest BCUT2D eigenvalue weighted by Gasteiger charge is -2.46. The van der Waals surface area contributed by atoms with Crippen molar-refractivity contribution >= 4 is 17.5 Å². The highest BCUT2D eigenvalue weighted by Gasteiger charge is 2.52. The Morgan fingerprint density at radius 2 is 1.71 bits per heavy atom. The Hall–Kier alpha value is -4.08. The van der Waals surface area contributed by atoms with Gasteiger partial charge in [-0.25, -0.2) is 0 Å². The van der Waals surface area contributed by atoms with Crippen LogP contribution in [0.4, 0.5) is 0 Å². The number of aliphatic imine (C=N–C) groups is 1. The summed E-state index contributed by atoms with van der Waals surface area (Å²) in [6.07, 6.45) is 6.35. The first kappa shape index (κ1) is 36.2. The Labute approximate surface area is 291 Å². The van der Waals surface area contributed by atoms with Crippen molar-refractivity contribution in [1.82, 2.24) is 30.8 Å². The van der Waals surface area contributed by atoms with Crippen LogP contribution in [0.5, 0.6) is 5.75 Å². The lowest BCUT2D eigenvalue weighted by molar-refractivity contribution is -0.133. The van der Waals surface area contributed by atoms with Crippen LogP contribution in [0.25, 0.3) is 0 Å². The van der Waals surface area contributed by atoms with Crippen molar-refractivity contribution in [3.05, 3.63) is 71.0 Å². The molecule has 1 unspecified atom stereocenters. The minimum atomic E-state index is -0.621. The minimum Gasteiger partial charge on any atom is -0.494 e. The smallest absolute Gasteiger partial charge is 0.275 e. The SMILES string of the molecule is CC(C)C1CCC2(CC1)N=C(c1cccc(OCCC(C)(C)C)c1)C(=O)N2C(CCC(C)(C)C)c1ccc(C(=O)NCc2nn[nH]n2)cc1. The number of aromatic nitrogens is 4. The van der Waals surface area contributed by atoms with Crippen LogP contribution in [0.15, 0.2) is 53.5 Å². The molecule has 0 radical (unpaired) electrons. The molecule has 49 heavy (non-hydrogen) atoms. The van der Waals surface area contributed by atoms with Crippen molar-refractivity contribution < 1.29 is 14.3 Å². The van der Waals surface area contributed by atoms with E-state index in [0.717, 1.165) is 61.8 Å². The van der Waals surface area contributed by atoms with Gasteiger partial charge in [-0.05, 0) is 97.4 Å². The minimum absolute atomic E-state index is 0.0318. The fourth-order valence-electron chi connectivity index (χ4n) is 6.95. The molecule has 1 saturated carbocycles. The predicted octanol–water partition coefficient (Wildman–Crippen LogP) is 7.69. The van der Waals surface area contributed by atoms with Gasteiger partial charge in [0.1, 0.15) is 17.1 Å². The van der Waals surface area contributed by atoms with E-state index in [1.807, 2.05) is 48.5 Å². The molecule has 1 aliphatic carbocycles. The number of tetrazole rings is 1. The zero-order chi connectivity index (χ0) is 35.4. The molecule has 1 aromatic heterocycles. The van der Waals surface area contributed by atoms with Crippen molar-refractivity contribution in [3.8, 4) is 5.75 Å². The zero-order valence-electron chi connectivity index (χ0n) is 30.7. The molecule has 2 N–H and O–H groups in total. The standard InChI is InChI=1S/C39H55N7O3/c1-26(2)27-16-20-39(21-17-27)41-34(30-10-9-11-31(24-30)49-23-22-38(6,7)8)36(48)46(39)32(18-19-37(3,4)5)28-12-14-29(15-13-28)35(47)40-25-33-42-44-45-43-33/h9-15,24,26-27,32H,16-23,25H2,1-8H3,(H,40,47)(H,42,43,44,45). The van der Waals surface area contributed by atoms with E-state index in [1.165, 1.54) is 0 Å². The average molecular weight is 670 g/mol. The number of ether oxygens (including phenoxy) is 1. The van der Waals surface area contributed by atoms with Gasteiger partial charge in [-0.1, -0.05) is 84.9 Å². The van der Waals surface area contributed by atoms with Crippen molar-refractivity contribution in [2.24, 2.45) is 27.7 Å². The van der Waals surface area contributed by atoms with Crippen LogP contribution >= 0.6 is 0 Å². The maximum Gasteiger partial charge on any atom is 0.275 e. The molecule has 2 aliphatic rings. The molecule has 264 valence electrons. The van der Waals surface area contributed by atoms with Crippen molar-refractivity contribution in [3.63, 3.8) is 0 Å². The quantitative estimate of drug-likeness (QED) is 0.204. The van der Waals surface area contributed by atoms with E-state index in [-0.39, 0.29) is 35.2 Å². The first-order valence-electron chi connectivity index (χ1n) is 17.9. The number of rotatable bonds is 12. The lowest BCUT2D eigenvalue weighted by atomic mass is 9.75. The first-order chi connectivity index (χ1) is 23.1. The Kier molecular flexibility index (Phi) is 10.9. The second-order valence-electron chi connectivity index (χ2n) is 16.6.